The Labute approximate surface area is 108 Å². The molecule has 0 saturated carbocycles. The van der Waals surface area contributed by atoms with Crippen LogP contribution in [0.3, 0.4) is 0 Å². The highest BCUT2D eigenvalue weighted by atomic mass is 32.2. The second kappa shape index (κ2) is 6.72. The van der Waals surface area contributed by atoms with Crippen molar-refractivity contribution in [3.63, 3.8) is 0 Å². The maximum atomic E-state index is 11.9. The number of rotatable bonds is 7. The van der Waals surface area contributed by atoms with E-state index in [1.807, 2.05) is 6.92 Å². The third-order valence-electron chi connectivity index (χ3n) is 2.50. The van der Waals surface area contributed by atoms with Gasteiger partial charge in [-0.25, -0.2) is 13.1 Å². The SMILES string of the molecule is COCC(C)CNS(=O)(=O)Cc1ccccc1N. The normalized spacial score (nSPS) is 13.4. The molecule has 0 saturated heterocycles. The lowest BCUT2D eigenvalue weighted by Gasteiger charge is -2.12. The Bertz CT molecular complexity index is 474. The molecule has 0 spiro atoms. The molecule has 3 N–H and O–H groups in total. The van der Waals surface area contributed by atoms with Crippen LogP contribution in [0.5, 0.6) is 0 Å². The van der Waals surface area contributed by atoms with Crippen LogP contribution in [0.15, 0.2) is 24.3 Å². The molecule has 1 atom stereocenters. The van der Waals surface area contributed by atoms with E-state index >= 15 is 0 Å². The quantitative estimate of drug-likeness (QED) is 0.725. The predicted molar refractivity (Wildman–Crippen MR) is 72.5 cm³/mol. The average molecular weight is 272 g/mol. The molecule has 1 rings (SSSR count). The highest BCUT2D eigenvalue weighted by Gasteiger charge is 2.14. The number of ether oxygens (including phenoxy) is 1. The minimum Gasteiger partial charge on any atom is -0.398 e. The molecular weight excluding hydrogens is 252 g/mol. The van der Waals surface area contributed by atoms with Gasteiger partial charge in [-0.2, -0.15) is 0 Å². The lowest BCUT2D eigenvalue weighted by Crippen LogP contribution is -2.31. The Morgan fingerprint density at radius 2 is 2.06 bits per heavy atom. The number of methoxy groups -OCH3 is 1. The Morgan fingerprint density at radius 1 is 1.39 bits per heavy atom. The summed E-state index contributed by atoms with van der Waals surface area (Å²) in [6.07, 6.45) is 0. The summed E-state index contributed by atoms with van der Waals surface area (Å²) < 4.78 is 31.2. The monoisotopic (exact) mass is 272 g/mol. The second-order valence-corrected chi connectivity index (χ2v) is 6.17. The van der Waals surface area contributed by atoms with Crippen LogP contribution in [0.4, 0.5) is 5.69 Å². The maximum absolute atomic E-state index is 11.9. The lowest BCUT2D eigenvalue weighted by atomic mass is 10.2. The van der Waals surface area contributed by atoms with Crippen LogP contribution in [-0.4, -0.2) is 28.7 Å². The lowest BCUT2D eigenvalue weighted by molar-refractivity contribution is 0.161. The van der Waals surface area contributed by atoms with Crippen LogP contribution in [0.2, 0.25) is 0 Å². The van der Waals surface area contributed by atoms with Gasteiger partial charge in [0, 0.05) is 25.9 Å². The van der Waals surface area contributed by atoms with Gasteiger partial charge in [0.05, 0.1) is 5.75 Å². The topological polar surface area (TPSA) is 81.4 Å². The first-order valence-corrected chi connectivity index (χ1v) is 7.39. The molecule has 0 amide bonds. The summed E-state index contributed by atoms with van der Waals surface area (Å²) in [5.41, 5.74) is 6.83. The van der Waals surface area contributed by atoms with Crippen molar-refractivity contribution in [3.8, 4) is 0 Å². The summed E-state index contributed by atoms with van der Waals surface area (Å²) in [5.74, 6) is 0.0391. The van der Waals surface area contributed by atoms with Crippen molar-refractivity contribution in [1.29, 1.82) is 0 Å². The number of sulfonamides is 1. The van der Waals surface area contributed by atoms with Gasteiger partial charge in [0.1, 0.15) is 0 Å². The van der Waals surface area contributed by atoms with Crippen LogP contribution in [0.1, 0.15) is 12.5 Å². The number of para-hydroxylation sites is 1. The molecule has 0 aromatic heterocycles. The molecule has 0 aliphatic heterocycles. The van der Waals surface area contributed by atoms with Gasteiger partial charge in [-0.15, -0.1) is 0 Å². The molecule has 0 aliphatic rings. The van der Waals surface area contributed by atoms with Crippen LogP contribution in [0, 0.1) is 5.92 Å². The smallest absolute Gasteiger partial charge is 0.215 e. The molecule has 1 aromatic carbocycles. The van der Waals surface area contributed by atoms with Crippen molar-refractivity contribution in [1.82, 2.24) is 4.72 Å². The zero-order valence-electron chi connectivity index (χ0n) is 10.7. The van der Waals surface area contributed by atoms with E-state index in [1.165, 1.54) is 0 Å². The fourth-order valence-corrected chi connectivity index (χ4v) is 2.85. The number of hydrogen-bond acceptors (Lipinski definition) is 4. The molecule has 0 aliphatic carbocycles. The largest absolute Gasteiger partial charge is 0.398 e. The number of nitrogens with two attached hydrogens (primary N) is 1. The highest BCUT2D eigenvalue weighted by molar-refractivity contribution is 7.88. The molecule has 102 valence electrons. The van der Waals surface area contributed by atoms with Crippen molar-refractivity contribution in [2.24, 2.45) is 5.92 Å². The Hall–Kier alpha value is -1.11. The van der Waals surface area contributed by atoms with Crippen LogP contribution in [0.25, 0.3) is 0 Å². The van der Waals surface area contributed by atoms with E-state index < -0.39 is 10.0 Å². The average Bonchev–Trinajstić information content (AvgIpc) is 2.30. The van der Waals surface area contributed by atoms with Gasteiger partial charge < -0.3 is 10.5 Å². The minimum atomic E-state index is -3.36. The summed E-state index contributed by atoms with van der Waals surface area (Å²) in [4.78, 5) is 0. The van der Waals surface area contributed by atoms with Crippen molar-refractivity contribution in [2.45, 2.75) is 12.7 Å². The van der Waals surface area contributed by atoms with Crippen molar-refractivity contribution >= 4 is 15.7 Å². The molecule has 5 nitrogen and oxygen atoms in total. The molecule has 18 heavy (non-hydrogen) atoms. The number of nitrogen functional groups attached to an aromatic ring is 1. The number of benzene rings is 1. The van der Waals surface area contributed by atoms with E-state index in [2.05, 4.69) is 4.72 Å². The van der Waals surface area contributed by atoms with Gasteiger partial charge in [-0.05, 0) is 17.5 Å². The molecule has 0 bridgehead atoms. The summed E-state index contributed by atoms with van der Waals surface area (Å²) >= 11 is 0. The van der Waals surface area contributed by atoms with Crippen molar-refractivity contribution in [3.05, 3.63) is 29.8 Å². The van der Waals surface area contributed by atoms with E-state index in [0.717, 1.165) is 0 Å². The van der Waals surface area contributed by atoms with Crippen molar-refractivity contribution < 1.29 is 13.2 Å². The van der Waals surface area contributed by atoms with Gasteiger partial charge in [0.2, 0.25) is 10.0 Å². The van der Waals surface area contributed by atoms with Crippen LogP contribution >= 0.6 is 0 Å². The first-order valence-electron chi connectivity index (χ1n) is 5.74. The van der Waals surface area contributed by atoms with Gasteiger partial charge in [0.25, 0.3) is 0 Å². The molecule has 6 heteroatoms. The zero-order valence-corrected chi connectivity index (χ0v) is 11.5. The minimum absolute atomic E-state index is 0.0978. The summed E-state index contributed by atoms with van der Waals surface area (Å²) in [7, 11) is -1.76. The molecule has 1 aromatic rings. The fourth-order valence-electron chi connectivity index (χ4n) is 1.53. The number of hydrogen-bond donors (Lipinski definition) is 2. The molecule has 0 heterocycles. The van der Waals surface area contributed by atoms with E-state index in [9.17, 15) is 8.42 Å². The number of nitrogens with one attached hydrogen (secondary N) is 1. The van der Waals surface area contributed by atoms with E-state index in [4.69, 9.17) is 10.5 Å². The molecular formula is C12H20N2O3S. The first kappa shape index (κ1) is 14.9. The van der Waals surface area contributed by atoms with Gasteiger partial charge in [-0.1, -0.05) is 25.1 Å². The van der Waals surface area contributed by atoms with Crippen LogP contribution < -0.4 is 10.5 Å². The Kier molecular flexibility index (Phi) is 5.58. The van der Waals surface area contributed by atoms with E-state index in [0.29, 0.717) is 24.4 Å². The van der Waals surface area contributed by atoms with Crippen LogP contribution in [-0.2, 0) is 20.5 Å². The summed E-state index contributed by atoms with van der Waals surface area (Å²) in [6, 6.07) is 6.96. The molecule has 0 fully saturated rings. The zero-order chi connectivity index (χ0) is 13.6. The molecule has 0 radical (unpaired) electrons. The summed E-state index contributed by atoms with van der Waals surface area (Å²) in [6.45, 7) is 2.81. The first-order chi connectivity index (χ1) is 8.44. The second-order valence-electron chi connectivity index (χ2n) is 4.37. The summed E-state index contributed by atoms with van der Waals surface area (Å²) in [5, 5.41) is 0. The van der Waals surface area contributed by atoms with Gasteiger partial charge in [0.15, 0.2) is 0 Å². The Morgan fingerprint density at radius 3 is 2.67 bits per heavy atom. The third kappa shape index (κ3) is 5.03. The number of anilines is 1. The Balaban J connectivity index is 2.58. The fraction of sp³-hybridized carbons (Fsp3) is 0.500. The maximum Gasteiger partial charge on any atom is 0.215 e. The predicted octanol–water partition coefficient (Wildman–Crippen LogP) is 0.971. The third-order valence-corrected chi connectivity index (χ3v) is 3.80. The van der Waals surface area contributed by atoms with Gasteiger partial charge in [-0.3, -0.25) is 0 Å². The molecule has 1 unspecified atom stereocenters. The highest BCUT2D eigenvalue weighted by Crippen LogP contribution is 2.13. The standard InChI is InChI=1S/C12H20N2O3S/c1-10(8-17-2)7-14-18(15,16)9-11-5-3-4-6-12(11)13/h3-6,10,14H,7-9,13H2,1-2H3. The van der Waals surface area contributed by atoms with E-state index in [-0.39, 0.29) is 11.7 Å². The van der Waals surface area contributed by atoms with Crippen molar-refractivity contribution in [2.75, 3.05) is 26.0 Å². The van der Waals surface area contributed by atoms with Gasteiger partial charge >= 0.3 is 0 Å². The van der Waals surface area contributed by atoms with E-state index in [1.54, 1.807) is 31.4 Å².